The lowest BCUT2D eigenvalue weighted by atomic mass is 10.0. The molecule has 3 rings (SSSR count). The molecule has 0 atom stereocenters. The Morgan fingerprint density at radius 1 is 1.39 bits per heavy atom. The van der Waals surface area contributed by atoms with Gasteiger partial charge in [0.25, 0.3) is 0 Å². The van der Waals surface area contributed by atoms with Gasteiger partial charge in [0, 0.05) is 13.1 Å². The van der Waals surface area contributed by atoms with Crippen LogP contribution in [-0.4, -0.2) is 44.1 Å². The number of aromatic nitrogens is 2. The van der Waals surface area contributed by atoms with Crippen LogP contribution in [0.1, 0.15) is 4.88 Å². The summed E-state index contributed by atoms with van der Waals surface area (Å²) >= 11 is 7.78. The second-order valence-corrected chi connectivity index (χ2v) is 5.67. The highest BCUT2D eigenvalue weighted by Crippen LogP contribution is 2.33. The zero-order chi connectivity index (χ0) is 12.5. The fourth-order valence-corrected chi connectivity index (χ4v) is 3.32. The van der Waals surface area contributed by atoms with Crippen molar-refractivity contribution in [1.29, 1.82) is 0 Å². The smallest absolute Gasteiger partial charge is 0.224 e. The van der Waals surface area contributed by atoms with Crippen LogP contribution in [0.15, 0.2) is 6.07 Å². The maximum Gasteiger partial charge on any atom is 0.224 e. The second kappa shape index (κ2) is 5.03. The van der Waals surface area contributed by atoms with Crippen LogP contribution >= 0.6 is 22.9 Å². The van der Waals surface area contributed by atoms with E-state index in [-0.39, 0.29) is 0 Å². The molecule has 0 aromatic carbocycles. The number of ether oxygens (including phenoxy) is 1. The fourth-order valence-electron chi connectivity index (χ4n) is 2.10. The van der Waals surface area contributed by atoms with Crippen LogP contribution in [0.5, 0.6) is 0 Å². The lowest BCUT2D eigenvalue weighted by Crippen LogP contribution is -2.36. The summed E-state index contributed by atoms with van der Waals surface area (Å²) in [6.07, 6.45) is 1.02. The van der Waals surface area contributed by atoms with Crippen molar-refractivity contribution in [2.45, 2.75) is 6.32 Å². The van der Waals surface area contributed by atoms with Crippen LogP contribution in [0.25, 0.3) is 10.2 Å². The normalized spacial score (nSPS) is 16.4. The zero-order valence-corrected chi connectivity index (χ0v) is 11.7. The molecule has 3 heterocycles. The highest BCUT2D eigenvalue weighted by molar-refractivity contribution is 7.19. The molecule has 0 spiro atoms. The monoisotopic (exact) mass is 281 g/mol. The Morgan fingerprint density at radius 3 is 2.89 bits per heavy atom. The molecule has 0 unspecified atom stereocenters. The highest BCUT2D eigenvalue weighted by Gasteiger charge is 2.18. The molecule has 0 amide bonds. The number of hydrogen-bond acceptors (Lipinski definition) is 5. The van der Waals surface area contributed by atoms with E-state index in [1.165, 1.54) is 4.88 Å². The Labute approximate surface area is 115 Å². The van der Waals surface area contributed by atoms with Gasteiger partial charge in [0.2, 0.25) is 5.28 Å². The largest absolute Gasteiger partial charge is 0.378 e. The van der Waals surface area contributed by atoms with Gasteiger partial charge >= 0.3 is 0 Å². The van der Waals surface area contributed by atoms with E-state index in [1.54, 1.807) is 11.3 Å². The summed E-state index contributed by atoms with van der Waals surface area (Å²) in [7, 11) is 2.15. The Balaban J connectivity index is 2.10. The first-order valence-electron chi connectivity index (χ1n) is 6.06. The van der Waals surface area contributed by atoms with Crippen LogP contribution < -0.4 is 4.90 Å². The van der Waals surface area contributed by atoms with Gasteiger partial charge in [-0.1, -0.05) is 0 Å². The molecule has 1 aliphatic rings. The molecular formula is C11H13BClN3OS. The van der Waals surface area contributed by atoms with Gasteiger partial charge in [-0.15, -0.1) is 11.3 Å². The molecule has 0 saturated carbocycles. The van der Waals surface area contributed by atoms with Gasteiger partial charge < -0.3 is 9.64 Å². The van der Waals surface area contributed by atoms with Crippen LogP contribution in [0.2, 0.25) is 5.28 Å². The van der Waals surface area contributed by atoms with Gasteiger partial charge in [-0.2, -0.15) is 4.98 Å². The van der Waals surface area contributed by atoms with Crippen molar-refractivity contribution in [3.8, 4) is 0 Å². The van der Waals surface area contributed by atoms with Gasteiger partial charge in [-0.25, -0.2) is 4.98 Å². The van der Waals surface area contributed by atoms with Crippen molar-refractivity contribution < 1.29 is 4.74 Å². The van der Waals surface area contributed by atoms with E-state index in [9.17, 15) is 0 Å². The summed E-state index contributed by atoms with van der Waals surface area (Å²) in [6.45, 7) is 3.22. The average Bonchev–Trinajstić information content (AvgIpc) is 2.81. The summed E-state index contributed by atoms with van der Waals surface area (Å²) in [5, 5.41) is 0.324. The molecule has 0 radical (unpaired) electrons. The molecule has 18 heavy (non-hydrogen) atoms. The van der Waals surface area contributed by atoms with Crippen molar-refractivity contribution in [1.82, 2.24) is 9.97 Å². The molecule has 0 aliphatic carbocycles. The van der Waals surface area contributed by atoms with Crippen molar-refractivity contribution >= 4 is 46.8 Å². The Kier molecular flexibility index (Phi) is 3.41. The third-order valence-electron chi connectivity index (χ3n) is 3.04. The standard InChI is InChI=1S/C11H13BClN3OS/c12-6-7-5-8-9(18-7)10(15-11(13)14-8)16-1-3-17-4-2-16/h5H,1-4,6,12H2. The van der Waals surface area contributed by atoms with E-state index >= 15 is 0 Å². The molecule has 94 valence electrons. The minimum Gasteiger partial charge on any atom is -0.378 e. The maximum absolute atomic E-state index is 6.02. The molecule has 1 fully saturated rings. The lowest BCUT2D eigenvalue weighted by Gasteiger charge is -2.28. The number of thiophene rings is 1. The average molecular weight is 282 g/mol. The van der Waals surface area contributed by atoms with E-state index in [2.05, 4.69) is 28.8 Å². The van der Waals surface area contributed by atoms with Crippen LogP contribution in [0.3, 0.4) is 0 Å². The summed E-state index contributed by atoms with van der Waals surface area (Å²) in [5.41, 5.74) is 0.957. The molecule has 2 aromatic heterocycles. The van der Waals surface area contributed by atoms with Crippen molar-refractivity contribution in [2.75, 3.05) is 31.2 Å². The number of hydrogen-bond donors (Lipinski definition) is 0. The summed E-state index contributed by atoms with van der Waals surface area (Å²) in [4.78, 5) is 12.3. The number of rotatable bonds is 2. The fraction of sp³-hybridized carbons (Fsp3) is 0.455. The number of anilines is 1. The Bertz CT molecular complexity index is 571. The number of nitrogens with zero attached hydrogens (tertiary/aromatic N) is 3. The van der Waals surface area contributed by atoms with Crippen molar-refractivity contribution in [3.05, 3.63) is 16.2 Å². The lowest BCUT2D eigenvalue weighted by molar-refractivity contribution is 0.122. The third-order valence-corrected chi connectivity index (χ3v) is 4.47. The minimum atomic E-state index is 0.324. The molecule has 0 bridgehead atoms. The quantitative estimate of drug-likeness (QED) is 0.615. The Morgan fingerprint density at radius 2 is 2.17 bits per heavy atom. The summed E-state index contributed by atoms with van der Waals surface area (Å²) in [5.74, 6) is 0.956. The van der Waals surface area contributed by atoms with Gasteiger partial charge in [-0.05, 0) is 28.9 Å². The van der Waals surface area contributed by atoms with Crippen LogP contribution in [-0.2, 0) is 11.1 Å². The first-order chi connectivity index (χ1) is 8.78. The first-order valence-corrected chi connectivity index (χ1v) is 7.26. The van der Waals surface area contributed by atoms with E-state index in [4.69, 9.17) is 16.3 Å². The van der Waals surface area contributed by atoms with E-state index in [0.717, 1.165) is 48.7 Å². The summed E-state index contributed by atoms with van der Waals surface area (Å²) < 4.78 is 6.51. The summed E-state index contributed by atoms with van der Waals surface area (Å²) in [6, 6.07) is 2.11. The van der Waals surface area contributed by atoms with Crippen LogP contribution in [0.4, 0.5) is 5.82 Å². The van der Waals surface area contributed by atoms with Gasteiger partial charge in [0.15, 0.2) is 5.82 Å². The Hall–Kier alpha value is -0.845. The van der Waals surface area contributed by atoms with Crippen molar-refractivity contribution in [3.63, 3.8) is 0 Å². The molecule has 7 heteroatoms. The van der Waals surface area contributed by atoms with Gasteiger partial charge in [0.05, 0.1) is 23.4 Å². The van der Waals surface area contributed by atoms with E-state index in [1.807, 2.05) is 0 Å². The number of halogens is 1. The number of fused-ring (bicyclic) bond motifs is 1. The third kappa shape index (κ3) is 2.20. The molecule has 4 nitrogen and oxygen atoms in total. The van der Waals surface area contributed by atoms with Gasteiger partial charge in [-0.3, -0.25) is 0 Å². The molecule has 2 aromatic rings. The minimum absolute atomic E-state index is 0.324. The predicted molar refractivity (Wildman–Crippen MR) is 77.7 cm³/mol. The maximum atomic E-state index is 6.02. The molecular weight excluding hydrogens is 268 g/mol. The van der Waals surface area contributed by atoms with E-state index in [0.29, 0.717) is 5.28 Å². The number of morpholine rings is 1. The van der Waals surface area contributed by atoms with E-state index < -0.39 is 0 Å². The highest BCUT2D eigenvalue weighted by atomic mass is 35.5. The SMILES string of the molecule is BCc1cc2nc(Cl)nc(N3CCOCC3)c2s1. The molecule has 1 saturated heterocycles. The topological polar surface area (TPSA) is 38.2 Å². The zero-order valence-electron chi connectivity index (χ0n) is 10.1. The molecule has 0 N–H and O–H groups in total. The molecule has 1 aliphatic heterocycles. The van der Waals surface area contributed by atoms with Crippen LogP contribution in [0, 0.1) is 0 Å². The van der Waals surface area contributed by atoms with Crippen molar-refractivity contribution in [2.24, 2.45) is 0 Å². The second-order valence-electron chi connectivity index (χ2n) is 4.20. The van der Waals surface area contributed by atoms with Gasteiger partial charge in [0.1, 0.15) is 7.85 Å². The first kappa shape index (κ1) is 12.2. The predicted octanol–water partition coefficient (Wildman–Crippen LogP) is 1.31.